The Kier molecular flexibility index (Phi) is 4.00. The molecule has 2 aromatic rings. The maximum atomic E-state index is 6.28. The molecule has 4 heteroatoms. The molecular formula is C19H23N3O. The van der Waals surface area contributed by atoms with Gasteiger partial charge in [-0.25, -0.2) is 9.97 Å². The molecule has 0 radical (unpaired) electrons. The lowest BCUT2D eigenvalue weighted by molar-refractivity contribution is -0.0152. The van der Waals surface area contributed by atoms with E-state index >= 15 is 0 Å². The van der Waals surface area contributed by atoms with Gasteiger partial charge in [-0.2, -0.15) is 0 Å². The van der Waals surface area contributed by atoms with Crippen LogP contribution in [0.15, 0.2) is 49.1 Å². The van der Waals surface area contributed by atoms with E-state index in [1.54, 1.807) is 6.33 Å². The summed E-state index contributed by atoms with van der Waals surface area (Å²) in [6.45, 7) is 3.05. The second-order valence-electron chi connectivity index (χ2n) is 6.84. The lowest BCUT2D eigenvalue weighted by atomic mass is 9.83. The van der Waals surface area contributed by atoms with Crippen LogP contribution >= 0.6 is 0 Å². The standard InChI is InChI=1S/C19H23N3O/c1-2-4-18(5-3-1)22-8-6-19(7-9-22)11-16(14-23-19)10-17-12-20-15-21-13-17/h1-5,12-13,15-16H,6-11,14H2. The molecule has 4 nitrogen and oxygen atoms in total. The normalized spacial score (nSPS) is 23.3. The molecule has 2 aliphatic rings. The number of anilines is 1. The van der Waals surface area contributed by atoms with E-state index in [-0.39, 0.29) is 5.60 Å². The van der Waals surface area contributed by atoms with Crippen LogP contribution in [0, 0.1) is 5.92 Å². The molecule has 0 amide bonds. The molecule has 1 aromatic heterocycles. The summed E-state index contributed by atoms with van der Waals surface area (Å²) in [6.07, 6.45) is 9.91. The zero-order chi connectivity index (χ0) is 15.5. The summed E-state index contributed by atoms with van der Waals surface area (Å²) in [4.78, 5) is 10.7. The van der Waals surface area contributed by atoms with Crippen LogP contribution < -0.4 is 4.90 Å². The van der Waals surface area contributed by atoms with E-state index in [2.05, 4.69) is 45.2 Å². The van der Waals surface area contributed by atoms with Gasteiger partial charge in [0.15, 0.2) is 0 Å². The Morgan fingerprint density at radius 1 is 1.09 bits per heavy atom. The lowest BCUT2D eigenvalue weighted by Gasteiger charge is -2.39. The highest BCUT2D eigenvalue weighted by Crippen LogP contribution is 2.40. The van der Waals surface area contributed by atoms with Crippen LogP contribution in [0.5, 0.6) is 0 Å². The molecule has 23 heavy (non-hydrogen) atoms. The van der Waals surface area contributed by atoms with Gasteiger partial charge >= 0.3 is 0 Å². The van der Waals surface area contributed by atoms with Crippen molar-refractivity contribution in [1.82, 2.24) is 9.97 Å². The molecule has 1 atom stereocenters. The first-order chi connectivity index (χ1) is 11.3. The van der Waals surface area contributed by atoms with E-state index in [0.717, 1.165) is 39.0 Å². The van der Waals surface area contributed by atoms with E-state index < -0.39 is 0 Å². The van der Waals surface area contributed by atoms with Crippen molar-refractivity contribution in [1.29, 1.82) is 0 Å². The summed E-state index contributed by atoms with van der Waals surface area (Å²) < 4.78 is 6.28. The molecule has 1 spiro atoms. The third-order valence-electron chi connectivity index (χ3n) is 5.22. The molecule has 2 fully saturated rings. The molecule has 1 aromatic carbocycles. The number of benzene rings is 1. The van der Waals surface area contributed by atoms with E-state index in [9.17, 15) is 0 Å². The number of nitrogens with zero attached hydrogens (tertiary/aromatic N) is 3. The Hall–Kier alpha value is -1.94. The van der Waals surface area contributed by atoms with Gasteiger partial charge in [-0.15, -0.1) is 0 Å². The minimum Gasteiger partial charge on any atom is -0.375 e. The molecule has 0 saturated carbocycles. The van der Waals surface area contributed by atoms with Crippen LogP contribution in [-0.4, -0.2) is 35.3 Å². The van der Waals surface area contributed by atoms with Crippen molar-refractivity contribution in [2.45, 2.75) is 31.3 Å². The Morgan fingerprint density at radius 3 is 2.57 bits per heavy atom. The first-order valence-electron chi connectivity index (χ1n) is 8.51. The Balaban J connectivity index is 1.35. The average molecular weight is 309 g/mol. The molecule has 1 unspecified atom stereocenters. The van der Waals surface area contributed by atoms with Gasteiger partial charge in [0, 0.05) is 31.2 Å². The summed E-state index contributed by atoms with van der Waals surface area (Å²) in [5.74, 6) is 0.601. The van der Waals surface area contributed by atoms with Crippen LogP contribution in [0.2, 0.25) is 0 Å². The van der Waals surface area contributed by atoms with E-state index in [0.29, 0.717) is 5.92 Å². The number of hydrogen-bond donors (Lipinski definition) is 0. The van der Waals surface area contributed by atoms with Gasteiger partial charge < -0.3 is 9.64 Å². The van der Waals surface area contributed by atoms with Gasteiger partial charge in [0.2, 0.25) is 0 Å². The van der Waals surface area contributed by atoms with Crippen molar-refractivity contribution >= 4 is 5.69 Å². The van der Waals surface area contributed by atoms with Gasteiger partial charge in [0.1, 0.15) is 6.33 Å². The van der Waals surface area contributed by atoms with Gasteiger partial charge in [-0.3, -0.25) is 0 Å². The van der Waals surface area contributed by atoms with Crippen LogP contribution in [-0.2, 0) is 11.2 Å². The fourth-order valence-electron chi connectivity index (χ4n) is 4.00. The average Bonchev–Trinajstić information content (AvgIpc) is 2.99. The van der Waals surface area contributed by atoms with Crippen LogP contribution in [0.25, 0.3) is 0 Å². The van der Waals surface area contributed by atoms with Crippen molar-refractivity contribution in [3.63, 3.8) is 0 Å². The SMILES string of the molecule is c1ccc(N2CCC3(CC2)CC(Cc2cncnc2)CO3)cc1. The van der Waals surface area contributed by atoms with E-state index in [4.69, 9.17) is 4.74 Å². The Bertz CT molecular complexity index is 624. The molecule has 2 aliphatic heterocycles. The summed E-state index contributed by atoms with van der Waals surface area (Å²) in [5, 5.41) is 0. The van der Waals surface area contributed by atoms with Crippen molar-refractivity contribution in [2.24, 2.45) is 5.92 Å². The Labute approximate surface area is 137 Å². The summed E-state index contributed by atoms with van der Waals surface area (Å²) in [5.41, 5.74) is 2.66. The fraction of sp³-hybridized carbons (Fsp3) is 0.474. The number of aromatic nitrogens is 2. The molecule has 0 aliphatic carbocycles. The summed E-state index contributed by atoms with van der Waals surface area (Å²) in [7, 11) is 0. The molecule has 0 N–H and O–H groups in total. The Morgan fingerprint density at radius 2 is 1.83 bits per heavy atom. The molecule has 2 saturated heterocycles. The molecule has 3 heterocycles. The highest BCUT2D eigenvalue weighted by Gasteiger charge is 2.42. The smallest absolute Gasteiger partial charge is 0.115 e. The lowest BCUT2D eigenvalue weighted by Crippen LogP contribution is -2.44. The number of hydrogen-bond acceptors (Lipinski definition) is 4. The monoisotopic (exact) mass is 309 g/mol. The third kappa shape index (κ3) is 3.22. The first-order valence-corrected chi connectivity index (χ1v) is 8.51. The molecular weight excluding hydrogens is 286 g/mol. The largest absolute Gasteiger partial charge is 0.375 e. The molecule has 120 valence electrons. The maximum Gasteiger partial charge on any atom is 0.115 e. The van der Waals surface area contributed by atoms with Crippen molar-refractivity contribution in [2.75, 3.05) is 24.6 Å². The number of para-hydroxylation sites is 1. The number of piperidine rings is 1. The van der Waals surface area contributed by atoms with Crippen LogP contribution in [0.4, 0.5) is 5.69 Å². The second kappa shape index (κ2) is 6.28. The second-order valence-corrected chi connectivity index (χ2v) is 6.84. The highest BCUT2D eigenvalue weighted by molar-refractivity contribution is 5.46. The van der Waals surface area contributed by atoms with Crippen LogP contribution in [0.3, 0.4) is 0 Å². The fourth-order valence-corrected chi connectivity index (χ4v) is 4.00. The van der Waals surface area contributed by atoms with Gasteiger partial charge in [-0.1, -0.05) is 18.2 Å². The third-order valence-corrected chi connectivity index (χ3v) is 5.22. The molecule has 4 rings (SSSR count). The van der Waals surface area contributed by atoms with Gasteiger partial charge in [0.05, 0.1) is 12.2 Å². The van der Waals surface area contributed by atoms with Crippen molar-refractivity contribution in [3.05, 3.63) is 54.6 Å². The first kappa shape index (κ1) is 14.6. The van der Waals surface area contributed by atoms with Crippen molar-refractivity contribution in [3.8, 4) is 0 Å². The van der Waals surface area contributed by atoms with E-state index in [1.165, 1.54) is 17.7 Å². The predicted octanol–water partition coefficient (Wildman–Crippen LogP) is 3.09. The minimum atomic E-state index is 0.103. The summed E-state index contributed by atoms with van der Waals surface area (Å²) >= 11 is 0. The van der Waals surface area contributed by atoms with Crippen molar-refractivity contribution < 1.29 is 4.74 Å². The number of ether oxygens (including phenoxy) is 1. The highest BCUT2D eigenvalue weighted by atomic mass is 16.5. The number of rotatable bonds is 3. The minimum absolute atomic E-state index is 0.103. The topological polar surface area (TPSA) is 38.2 Å². The quantitative estimate of drug-likeness (QED) is 0.873. The predicted molar refractivity (Wildman–Crippen MR) is 90.4 cm³/mol. The van der Waals surface area contributed by atoms with Gasteiger partial charge in [-0.05, 0) is 49.3 Å². The van der Waals surface area contributed by atoms with E-state index in [1.807, 2.05) is 12.4 Å². The van der Waals surface area contributed by atoms with Crippen LogP contribution in [0.1, 0.15) is 24.8 Å². The zero-order valence-corrected chi connectivity index (χ0v) is 13.4. The molecule has 0 bridgehead atoms. The maximum absolute atomic E-state index is 6.28. The summed E-state index contributed by atoms with van der Waals surface area (Å²) in [6, 6.07) is 10.7. The zero-order valence-electron chi connectivity index (χ0n) is 13.4. The van der Waals surface area contributed by atoms with Gasteiger partial charge in [0.25, 0.3) is 0 Å².